The summed E-state index contributed by atoms with van der Waals surface area (Å²) in [6, 6.07) is 0. The molecule has 1 rings (SSSR count). The van der Waals surface area contributed by atoms with Crippen LogP contribution >= 0.6 is 0 Å². The summed E-state index contributed by atoms with van der Waals surface area (Å²) in [4.78, 5) is 19.0. The fourth-order valence-corrected chi connectivity index (χ4v) is 0.808. The molecule has 0 amide bonds. The Morgan fingerprint density at radius 1 is 1.58 bits per heavy atom. The van der Waals surface area contributed by atoms with Crippen LogP contribution < -0.4 is 0 Å². The highest BCUT2D eigenvalue weighted by Crippen LogP contribution is 2.02. The fourth-order valence-electron chi connectivity index (χ4n) is 0.808. The average molecular weight is 162 g/mol. The Bertz CT molecular complexity index is 293. The molecule has 1 heterocycles. The fraction of sp³-hybridized carbons (Fsp3) is 0.222. The maximum absolute atomic E-state index is 11.3. The summed E-state index contributed by atoms with van der Waals surface area (Å²) in [6.07, 6.45) is 4.85. The van der Waals surface area contributed by atoms with Gasteiger partial charge in [-0.3, -0.25) is 9.78 Å². The van der Waals surface area contributed by atoms with Gasteiger partial charge in [0.25, 0.3) is 0 Å². The number of allylic oxidation sites excluding steroid dienone is 1. The Labute approximate surface area is 71.2 Å². The third-order valence-electron chi connectivity index (χ3n) is 1.31. The molecule has 0 saturated heterocycles. The topological polar surface area (TPSA) is 42.9 Å². The summed E-state index contributed by atoms with van der Waals surface area (Å²) < 4.78 is 0. The van der Waals surface area contributed by atoms with Gasteiger partial charge in [0.05, 0.1) is 6.20 Å². The zero-order chi connectivity index (χ0) is 8.97. The Balaban J connectivity index is 2.73. The number of carbonyl (C=O) groups excluding carboxylic acids is 1. The molecule has 0 aliphatic rings. The van der Waals surface area contributed by atoms with Crippen molar-refractivity contribution >= 4 is 5.78 Å². The van der Waals surface area contributed by atoms with Gasteiger partial charge in [-0.1, -0.05) is 12.2 Å². The predicted molar refractivity (Wildman–Crippen MR) is 45.8 cm³/mol. The van der Waals surface area contributed by atoms with E-state index < -0.39 is 0 Å². The van der Waals surface area contributed by atoms with E-state index in [1.807, 2.05) is 6.92 Å². The molecule has 0 bridgehead atoms. The van der Waals surface area contributed by atoms with Crippen molar-refractivity contribution in [3.8, 4) is 0 Å². The monoisotopic (exact) mass is 162 g/mol. The minimum Gasteiger partial charge on any atom is -0.292 e. The molecule has 0 fully saturated rings. The Morgan fingerprint density at radius 2 is 2.33 bits per heavy atom. The van der Waals surface area contributed by atoms with Crippen LogP contribution in [0, 0.1) is 0 Å². The number of aromatic nitrogens is 2. The van der Waals surface area contributed by atoms with Gasteiger partial charge >= 0.3 is 0 Å². The number of ketones is 1. The van der Waals surface area contributed by atoms with E-state index in [0.717, 1.165) is 5.57 Å². The lowest BCUT2D eigenvalue weighted by Crippen LogP contribution is -2.02. The van der Waals surface area contributed by atoms with Crippen molar-refractivity contribution in [1.82, 2.24) is 9.97 Å². The van der Waals surface area contributed by atoms with Gasteiger partial charge in [-0.15, -0.1) is 0 Å². The van der Waals surface area contributed by atoms with Crippen LogP contribution in [0.1, 0.15) is 23.8 Å². The van der Waals surface area contributed by atoms with Gasteiger partial charge in [0, 0.05) is 18.8 Å². The molecule has 0 aliphatic heterocycles. The van der Waals surface area contributed by atoms with Crippen LogP contribution in [0.15, 0.2) is 30.7 Å². The Hall–Kier alpha value is -1.51. The second-order valence-electron chi connectivity index (χ2n) is 2.65. The molecule has 0 saturated carbocycles. The minimum atomic E-state index is -0.0319. The van der Waals surface area contributed by atoms with E-state index in [9.17, 15) is 4.79 Å². The normalized spacial score (nSPS) is 9.42. The van der Waals surface area contributed by atoms with Gasteiger partial charge < -0.3 is 0 Å². The van der Waals surface area contributed by atoms with Crippen molar-refractivity contribution in [3.63, 3.8) is 0 Å². The zero-order valence-electron chi connectivity index (χ0n) is 6.95. The van der Waals surface area contributed by atoms with E-state index in [4.69, 9.17) is 0 Å². The van der Waals surface area contributed by atoms with E-state index in [1.54, 1.807) is 0 Å². The van der Waals surface area contributed by atoms with Crippen LogP contribution in [0.2, 0.25) is 0 Å². The van der Waals surface area contributed by atoms with E-state index >= 15 is 0 Å². The molecule has 0 N–H and O–H groups in total. The minimum absolute atomic E-state index is 0.0319. The molecule has 0 unspecified atom stereocenters. The summed E-state index contributed by atoms with van der Waals surface area (Å²) in [6.45, 7) is 5.47. The lowest BCUT2D eigenvalue weighted by molar-refractivity contribution is 0.0988. The summed E-state index contributed by atoms with van der Waals surface area (Å²) in [5.41, 5.74) is 1.24. The van der Waals surface area contributed by atoms with Gasteiger partial charge in [-0.05, 0) is 6.92 Å². The van der Waals surface area contributed by atoms with Crippen molar-refractivity contribution in [1.29, 1.82) is 0 Å². The summed E-state index contributed by atoms with van der Waals surface area (Å²) in [5.74, 6) is -0.0319. The number of hydrogen-bond donors (Lipinski definition) is 0. The standard InChI is InChI=1S/C9H10N2O/c1-7(2)5-9(12)8-6-10-3-4-11-8/h3-4,6H,1,5H2,2H3. The first-order valence-corrected chi connectivity index (χ1v) is 3.63. The molecular weight excluding hydrogens is 152 g/mol. The van der Waals surface area contributed by atoms with Crippen molar-refractivity contribution in [2.45, 2.75) is 13.3 Å². The number of nitrogens with zero attached hydrogens (tertiary/aromatic N) is 2. The van der Waals surface area contributed by atoms with E-state index in [1.165, 1.54) is 18.6 Å². The predicted octanol–water partition coefficient (Wildman–Crippen LogP) is 1.63. The van der Waals surface area contributed by atoms with Crippen LogP contribution in [-0.4, -0.2) is 15.8 Å². The van der Waals surface area contributed by atoms with Crippen molar-refractivity contribution in [3.05, 3.63) is 36.4 Å². The molecule has 0 radical (unpaired) electrons. The average Bonchev–Trinajstić information content (AvgIpc) is 2.05. The molecule has 0 aliphatic carbocycles. The Kier molecular flexibility index (Phi) is 2.69. The van der Waals surface area contributed by atoms with Crippen LogP contribution in [0.3, 0.4) is 0 Å². The first kappa shape index (κ1) is 8.59. The van der Waals surface area contributed by atoms with Gasteiger partial charge in [-0.25, -0.2) is 4.98 Å². The van der Waals surface area contributed by atoms with Gasteiger partial charge in [0.15, 0.2) is 5.78 Å². The maximum Gasteiger partial charge on any atom is 0.186 e. The van der Waals surface area contributed by atoms with E-state index in [2.05, 4.69) is 16.5 Å². The summed E-state index contributed by atoms with van der Waals surface area (Å²) >= 11 is 0. The lowest BCUT2D eigenvalue weighted by Gasteiger charge is -1.96. The molecular formula is C9H10N2O. The molecule has 0 aromatic carbocycles. The quantitative estimate of drug-likeness (QED) is 0.501. The highest BCUT2D eigenvalue weighted by atomic mass is 16.1. The first-order valence-electron chi connectivity index (χ1n) is 3.63. The van der Waals surface area contributed by atoms with E-state index in [-0.39, 0.29) is 5.78 Å². The van der Waals surface area contributed by atoms with Crippen LogP contribution in [0.5, 0.6) is 0 Å². The van der Waals surface area contributed by atoms with E-state index in [0.29, 0.717) is 12.1 Å². The number of hydrogen-bond acceptors (Lipinski definition) is 3. The number of rotatable bonds is 3. The zero-order valence-corrected chi connectivity index (χ0v) is 6.95. The SMILES string of the molecule is C=C(C)CC(=O)c1cnccn1. The summed E-state index contributed by atoms with van der Waals surface area (Å²) in [5, 5.41) is 0. The first-order chi connectivity index (χ1) is 5.70. The highest BCUT2D eigenvalue weighted by molar-refractivity contribution is 5.95. The lowest BCUT2D eigenvalue weighted by atomic mass is 10.1. The van der Waals surface area contributed by atoms with Crippen LogP contribution in [-0.2, 0) is 0 Å². The summed E-state index contributed by atoms with van der Waals surface area (Å²) in [7, 11) is 0. The third-order valence-corrected chi connectivity index (χ3v) is 1.31. The Morgan fingerprint density at radius 3 is 2.83 bits per heavy atom. The third kappa shape index (κ3) is 2.27. The van der Waals surface area contributed by atoms with Gasteiger partial charge in [-0.2, -0.15) is 0 Å². The largest absolute Gasteiger partial charge is 0.292 e. The van der Waals surface area contributed by atoms with Crippen LogP contribution in [0.4, 0.5) is 0 Å². The molecule has 3 heteroatoms. The molecule has 1 aromatic heterocycles. The van der Waals surface area contributed by atoms with Crippen molar-refractivity contribution in [2.24, 2.45) is 0 Å². The molecule has 0 spiro atoms. The molecule has 62 valence electrons. The van der Waals surface area contributed by atoms with Crippen molar-refractivity contribution < 1.29 is 4.79 Å². The van der Waals surface area contributed by atoms with Gasteiger partial charge in [0.1, 0.15) is 5.69 Å². The molecule has 1 aromatic rings. The highest BCUT2D eigenvalue weighted by Gasteiger charge is 2.05. The molecule has 3 nitrogen and oxygen atoms in total. The molecule has 0 atom stereocenters. The van der Waals surface area contributed by atoms with Crippen LogP contribution in [0.25, 0.3) is 0 Å². The number of Topliss-reactive ketones (excluding diaryl/α,β-unsaturated/α-hetero) is 1. The maximum atomic E-state index is 11.3. The second-order valence-corrected chi connectivity index (χ2v) is 2.65. The molecule has 12 heavy (non-hydrogen) atoms. The second kappa shape index (κ2) is 3.76. The smallest absolute Gasteiger partial charge is 0.186 e. The van der Waals surface area contributed by atoms with Crippen molar-refractivity contribution in [2.75, 3.05) is 0 Å². The number of carbonyl (C=O) groups is 1. The van der Waals surface area contributed by atoms with Gasteiger partial charge in [0.2, 0.25) is 0 Å².